The Balaban J connectivity index is 1.35. The van der Waals surface area contributed by atoms with Crippen LogP contribution in [0, 0.1) is 0 Å². The molecular formula is C27H26F4N2O. The first kappa shape index (κ1) is 23.8. The van der Waals surface area contributed by atoms with Crippen molar-refractivity contribution in [2.45, 2.75) is 25.3 Å². The Morgan fingerprint density at radius 2 is 1.74 bits per heavy atom. The number of nitrogens with one attached hydrogen (secondary N) is 1. The molecule has 1 N–H and O–H groups in total. The van der Waals surface area contributed by atoms with E-state index in [1.165, 1.54) is 22.6 Å². The lowest BCUT2D eigenvalue weighted by atomic mass is 10.0. The minimum atomic E-state index is -4.17. The lowest BCUT2D eigenvalue weighted by molar-refractivity contribution is -0.148. The van der Waals surface area contributed by atoms with Gasteiger partial charge >= 0.3 is 12.3 Å². The first-order chi connectivity index (χ1) is 16.3. The minimum Gasteiger partial charge on any atom is -0.487 e. The molecule has 0 aliphatic heterocycles. The topological polar surface area (TPSA) is 28.3 Å². The van der Waals surface area contributed by atoms with Crippen LogP contribution in [0.3, 0.4) is 0 Å². The van der Waals surface area contributed by atoms with E-state index >= 15 is 0 Å². The van der Waals surface area contributed by atoms with Crippen LogP contribution in [0.2, 0.25) is 0 Å². The average Bonchev–Trinajstić information content (AvgIpc) is 3.24. The normalized spacial score (nSPS) is 12.1. The first-order valence-corrected chi connectivity index (χ1v) is 11.0. The number of aromatic nitrogens is 1. The van der Waals surface area contributed by atoms with Gasteiger partial charge in [0.1, 0.15) is 5.75 Å². The molecule has 0 amide bonds. The van der Waals surface area contributed by atoms with Gasteiger partial charge in [0, 0.05) is 30.2 Å². The fourth-order valence-electron chi connectivity index (χ4n) is 3.88. The van der Waals surface area contributed by atoms with Gasteiger partial charge in [0.15, 0.2) is 6.61 Å². The molecule has 0 aliphatic rings. The number of fused-ring (bicyclic) bond motifs is 1. The summed E-state index contributed by atoms with van der Waals surface area (Å²) in [5.41, 5.74) is 5.49. The average molecular weight is 471 g/mol. The SMILES string of the molecule is CN(CCc1c[nH]c2cc(-c3ccccc3)ccc12)Cc1cccc(OCC(F)(F)C(F)F)c1. The number of ether oxygens (including phenoxy) is 1. The van der Waals surface area contributed by atoms with E-state index in [4.69, 9.17) is 4.74 Å². The second-order valence-electron chi connectivity index (χ2n) is 8.43. The molecule has 0 radical (unpaired) electrons. The van der Waals surface area contributed by atoms with E-state index in [-0.39, 0.29) is 5.75 Å². The number of nitrogens with zero attached hydrogens (tertiary/aromatic N) is 1. The standard InChI is InChI=1S/C27H26F4N2O/c1-33(17-19-6-5-9-23(14-19)34-18-27(30,31)26(28)29)13-12-22-16-32-25-15-21(10-11-24(22)25)20-7-3-2-4-8-20/h2-11,14-16,26,32H,12-13,17-18H2,1H3. The first-order valence-electron chi connectivity index (χ1n) is 11.0. The summed E-state index contributed by atoms with van der Waals surface area (Å²) in [5.74, 6) is -4.02. The molecule has 34 heavy (non-hydrogen) atoms. The number of hydrogen-bond acceptors (Lipinski definition) is 2. The van der Waals surface area contributed by atoms with Crippen molar-refractivity contribution in [1.82, 2.24) is 9.88 Å². The third kappa shape index (κ3) is 5.78. The van der Waals surface area contributed by atoms with Gasteiger partial charge in [-0.05, 0) is 53.9 Å². The third-order valence-electron chi connectivity index (χ3n) is 5.74. The van der Waals surface area contributed by atoms with Gasteiger partial charge in [-0.3, -0.25) is 0 Å². The van der Waals surface area contributed by atoms with Gasteiger partial charge in [0.2, 0.25) is 0 Å². The van der Waals surface area contributed by atoms with E-state index in [0.29, 0.717) is 6.54 Å². The van der Waals surface area contributed by atoms with Crippen molar-refractivity contribution in [3.63, 3.8) is 0 Å². The molecule has 7 heteroatoms. The molecule has 1 heterocycles. The van der Waals surface area contributed by atoms with Gasteiger partial charge in [-0.25, -0.2) is 8.78 Å². The highest BCUT2D eigenvalue weighted by Crippen LogP contribution is 2.27. The van der Waals surface area contributed by atoms with Crippen molar-refractivity contribution in [2.75, 3.05) is 20.2 Å². The van der Waals surface area contributed by atoms with Gasteiger partial charge in [-0.1, -0.05) is 54.6 Å². The number of benzene rings is 3. The number of likely N-dealkylation sites (N-methyl/N-ethyl adjacent to an activating group) is 1. The molecule has 4 rings (SSSR count). The van der Waals surface area contributed by atoms with Crippen LogP contribution in [-0.2, 0) is 13.0 Å². The highest BCUT2D eigenvalue weighted by Gasteiger charge is 2.41. The Morgan fingerprint density at radius 1 is 0.941 bits per heavy atom. The Labute approximate surface area is 196 Å². The predicted octanol–water partition coefficient (Wildman–Crippen LogP) is 6.79. The maximum absolute atomic E-state index is 13.1. The fourth-order valence-corrected chi connectivity index (χ4v) is 3.88. The summed E-state index contributed by atoms with van der Waals surface area (Å²) in [6, 6.07) is 23.3. The minimum absolute atomic E-state index is 0.150. The smallest absolute Gasteiger partial charge is 0.340 e. The summed E-state index contributed by atoms with van der Waals surface area (Å²) in [5, 5.41) is 1.18. The van der Waals surface area contributed by atoms with Gasteiger partial charge in [-0.15, -0.1) is 0 Å². The molecule has 3 aromatic carbocycles. The summed E-state index contributed by atoms with van der Waals surface area (Å²) in [6.07, 6.45) is -0.889. The lowest BCUT2D eigenvalue weighted by Gasteiger charge is -2.18. The molecule has 0 fully saturated rings. The molecule has 0 aliphatic carbocycles. The van der Waals surface area contributed by atoms with Crippen molar-refractivity contribution in [3.05, 3.63) is 90.1 Å². The number of rotatable bonds is 10. The number of halogens is 4. The molecule has 0 atom stereocenters. The van der Waals surface area contributed by atoms with Gasteiger partial charge in [0.25, 0.3) is 0 Å². The van der Waals surface area contributed by atoms with Crippen LogP contribution in [0.25, 0.3) is 22.0 Å². The molecular weight excluding hydrogens is 444 g/mol. The van der Waals surface area contributed by atoms with Crippen LogP contribution < -0.4 is 4.74 Å². The highest BCUT2D eigenvalue weighted by atomic mass is 19.3. The molecule has 0 saturated heterocycles. The molecule has 4 aromatic rings. The molecule has 0 saturated carbocycles. The van der Waals surface area contributed by atoms with Crippen molar-refractivity contribution in [3.8, 4) is 16.9 Å². The van der Waals surface area contributed by atoms with Crippen LogP contribution in [0.4, 0.5) is 17.6 Å². The quantitative estimate of drug-likeness (QED) is 0.259. The van der Waals surface area contributed by atoms with E-state index < -0.39 is 19.0 Å². The number of alkyl halides is 4. The Kier molecular flexibility index (Phi) is 7.22. The number of hydrogen-bond donors (Lipinski definition) is 1. The van der Waals surface area contributed by atoms with E-state index in [2.05, 4.69) is 40.2 Å². The Bertz CT molecular complexity index is 1220. The third-order valence-corrected chi connectivity index (χ3v) is 5.74. The second-order valence-corrected chi connectivity index (χ2v) is 8.43. The maximum atomic E-state index is 13.1. The molecule has 178 valence electrons. The second kappa shape index (κ2) is 10.3. The van der Waals surface area contributed by atoms with Gasteiger partial charge in [0.05, 0.1) is 0 Å². The van der Waals surface area contributed by atoms with Crippen LogP contribution in [0.1, 0.15) is 11.1 Å². The highest BCUT2D eigenvalue weighted by molar-refractivity contribution is 5.87. The van der Waals surface area contributed by atoms with Crippen molar-refractivity contribution < 1.29 is 22.3 Å². The zero-order chi connectivity index (χ0) is 24.1. The van der Waals surface area contributed by atoms with Crippen LogP contribution in [0.5, 0.6) is 5.75 Å². The lowest BCUT2D eigenvalue weighted by Crippen LogP contribution is -2.33. The van der Waals surface area contributed by atoms with E-state index in [9.17, 15) is 17.6 Å². The summed E-state index contributed by atoms with van der Waals surface area (Å²) in [4.78, 5) is 5.48. The van der Waals surface area contributed by atoms with Crippen molar-refractivity contribution in [2.24, 2.45) is 0 Å². The van der Waals surface area contributed by atoms with Crippen LogP contribution in [0.15, 0.2) is 79.0 Å². The Morgan fingerprint density at radius 3 is 2.50 bits per heavy atom. The molecule has 0 bridgehead atoms. The van der Waals surface area contributed by atoms with Crippen LogP contribution in [-0.4, -0.2) is 42.4 Å². The van der Waals surface area contributed by atoms with Gasteiger partial charge < -0.3 is 14.6 Å². The van der Waals surface area contributed by atoms with Crippen molar-refractivity contribution >= 4 is 10.9 Å². The molecule has 1 aromatic heterocycles. The summed E-state index contributed by atoms with van der Waals surface area (Å²) in [7, 11) is 1.97. The number of aromatic amines is 1. The molecule has 3 nitrogen and oxygen atoms in total. The summed E-state index contributed by atoms with van der Waals surface area (Å²) >= 11 is 0. The molecule has 0 unspecified atom stereocenters. The number of H-pyrrole nitrogens is 1. The fraction of sp³-hybridized carbons (Fsp3) is 0.259. The predicted molar refractivity (Wildman–Crippen MR) is 127 cm³/mol. The molecule has 0 spiro atoms. The van der Waals surface area contributed by atoms with E-state index in [1.54, 1.807) is 12.1 Å². The summed E-state index contributed by atoms with van der Waals surface area (Å²) in [6.45, 7) is 0.00138. The zero-order valence-electron chi connectivity index (χ0n) is 18.8. The Hall–Kier alpha value is -3.32. The monoisotopic (exact) mass is 470 g/mol. The largest absolute Gasteiger partial charge is 0.487 e. The zero-order valence-corrected chi connectivity index (χ0v) is 18.8. The van der Waals surface area contributed by atoms with E-state index in [1.807, 2.05) is 37.5 Å². The maximum Gasteiger partial charge on any atom is 0.340 e. The summed E-state index contributed by atoms with van der Waals surface area (Å²) < 4.78 is 55.8. The van der Waals surface area contributed by atoms with Crippen molar-refractivity contribution in [1.29, 1.82) is 0 Å². The van der Waals surface area contributed by atoms with Gasteiger partial charge in [-0.2, -0.15) is 8.78 Å². The van der Waals surface area contributed by atoms with Crippen LogP contribution >= 0.6 is 0 Å². The van der Waals surface area contributed by atoms with E-state index in [0.717, 1.165) is 29.6 Å².